The molecule has 5 nitrogen and oxygen atoms in total. The molecule has 0 spiro atoms. The topological polar surface area (TPSA) is 72.0 Å². The summed E-state index contributed by atoms with van der Waals surface area (Å²) in [7, 11) is 0. The van der Waals surface area contributed by atoms with Gasteiger partial charge in [0.05, 0.1) is 0 Å². The number of hydrogen-bond acceptors (Lipinski definition) is 5. The molecule has 2 aromatic rings. The van der Waals surface area contributed by atoms with Gasteiger partial charge < -0.3 is 0 Å². The van der Waals surface area contributed by atoms with Crippen LogP contribution in [0.1, 0.15) is 27.9 Å². The van der Waals surface area contributed by atoms with Crippen LogP contribution in [0.4, 0.5) is 5.13 Å². The molecule has 0 radical (unpaired) electrons. The molecule has 0 atom stereocenters. The zero-order valence-corrected chi connectivity index (χ0v) is 10.9. The second-order valence-electron chi connectivity index (χ2n) is 3.41. The van der Waals surface area contributed by atoms with Crippen molar-refractivity contribution in [3.63, 3.8) is 0 Å². The van der Waals surface area contributed by atoms with Gasteiger partial charge in [0.2, 0.25) is 0 Å². The number of carbonyl (C=O) groups excluding carboxylic acids is 2. The third-order valence-corrected chi connectivity index (χ3v) is 3.03. The molecule has 92 valence electrons. The van der Waals surface area contributed by atoms with E-state index in [4.69, 9.17) is 11.6 Å². The van der Waals surface area contributed by atoms with Crippen LogP contribution in [0.25, 0.3) is 0 Å². The zero-order chi connectivity index (χ0) is 13.1. The van der Waals surface area contributed by atoms with Crippen molar-refractivity contribution in [1.82, 2.24) is 9.97 Å². The van der Waals surface area contributed by atoms with Crippen molar-refractivity contribution >= 4 is 39.8 Å². The maximum atomic E-state index is 11.8. The van der Waals surface area contributed by atoms with E-state index in [1.807, 2.05) is 0 Å². The Labute approximate surface area is 112 Å². The largest absolute Gasteiger partial charge is 0.296 e. The van der Waals surface area contributed by atoms with Gasteiger partial charge in [0.15, 0.2) is 10.9 Å². The number of hydrogen-bond donors (Lipinski definition) is 1. The fraction of sp³-hybridized carbons (Fsp3) is 0.0909. The quantitative estimate of drug-likeness (QED) is 0.878. The smallest absolute Gasteiger partial charge is 0.276 e. The van der Waals surface area contributed by atoms with Gasteiger partial charge in [-0.15, -0.1) is 11.3 Å². The number of aromatic nitrogens is 2. The van der Waals surface area contributed by atoms with E-state index < -0.39 is 5.91 Å². The molecule has 0 unspecified atom stereocenters. The first kappa shape index (κ1) is 12.7. The highest BCUT2D eigenvalue weighted by Crippen LogP contribution is 2.17. The van der Waals surface area contributed by atoms with Crippen molar-refractivity contribution in [1.29, 1.82) is 0 Å². The number of nitrogens with zero attached hydrogens (tertiary/aromatic N) is 2. The van der Waals surface area contributed by atoms with Crippen LogP contribution in [0.2, 0.25) is 5.02 Å². The monoisotopic (exact) mass is 281 g/mol. The number of nitrogens with one attached hydrogen (secondary N) is 1. The van der Waals surface area contributed by atoms with E-state index in [9.17, 15) is 9.59 Å². The molecule has 2 rings (SSSR count). The van der Waals surface area contributed by atoms with Gasteiger partial charge >= 0.3 is 0 Å². The van der Waals surface area contributed by atoms with Gasteiger partial charge in [-0.25, -0.2) is 4.98 Å². The summed E-state index contributed by atoms with van der Waals surface area (Å²) >= 11 is 6.94. The van der Waals surface area contributed by atoms with Gasteiger partial charge in [0, 0.05) is 23.5 Å². The summed E-state index contributed by atoms with van der Waals surface area (Å²) in [5, 5.41) is 4.93. The average Bonchev–Trinajstić information content (AvgIpc) is 2.77. The van der Waals surface area contributed by atoms with E-state index in [1.54, 1.807) is 11.4 Å². The van der Waals surface area contributed by atoms with E-state index in [0.717, 1.165) is 0 Å². The van der Waals surface area contributed by atoms with Crippen molar-refractivity contribution in [2.75, 3.05) is 5.32 Å². The van der Waals surface area contributed by atoms with E-state index in [2.05, 4.69) is 15.3 Å². The first-order valence-electron chi connectivity index (χ1n) is 4.95. The number of thiazole rings is 1. The number of ketones is 1. The minimum Gasteiger partial charge on any atom is -0.296 e. The summed E-state index contributed by atoms with van der Waals surface area (Å²) in [6.45, 7) is 1.42. The van der Waals surface area contributed by atoms with Gasteiger partial charge in [0.25, 0.3) is 5.91 Å². The molecule has 0 aromatic carbocycles. The molecular weight excluding hydrogens is 274 g/mol. The maximum Gasteiger partial charge on any atom is 0.276 e. The number of halogens is 1. The summed E-state index contributed by atoms with van der Waals surface area (Å²) in [4.78, 5) is 30.7. The molecular formula is C11H8ClN3O2S. The molecule has 2 aromatic heterocycles. The Hall–Kier alpha value is -1.79. The van der Waals surface area contributed by atoms with Gasteiger partial charge in [-0.3, -0.25) is 19.9 Å². The van der Waals surface area contributed by atoms with Crippen LogP contribution < -0.4 is 5.32 Å². The Bertz CT molecular complexity index is 612. The van der Waals surface area contributed by atoms with Crippen molar-refractivity contribution in [2.24, 2.45) is 0 Å². The number of pyridine rings is 1. The van der Waals surface area contributed by atoms with Gasteiger partial charge in [-0.2, -0.15) is 0 Å². The number of rotatable bonds is 3. The Morgan fingerprint density at radius 3 is 2.78 bits per heavy atom. The van der Waals surface area contributed by atoms with Gasteiger partial charge in [-0.05, 0) is 12.1 Å². The third-order valence-electron chi connectivity index (χ3n) is 2.04. The fourth-order valence-electron chi connectivity index (χ4n) is 1.18. The van der Waals surface area contributed by atoms with Crippen LogP contribution in [0, 0.1) is 0 Å². The SMILES string of the molecule is CC(=O)c1csc(NC(=O)c2cc(Cl)ccn2)n1. The molecule has 1 N–H and O–H groups in total. The number of amides is 1. The van der Waals surface area contributed by atoms with Gasteiger partial charge in [-0.1, -0.05) is 11.6 Å². The molecule has 7 heteroatoms. The minimum absolute atomic E-state index is 0.146. The molecule has 1 amide bonds. The second kappa shape index (κ2) is 5.24. The summed E-state index contributed by atoms with van der Waals surface area (Å²) < 4.78 is 0. The molecule has 18 heavy (non-hydrogen) atoms. The normalized spacial score (nSPS) is 10.1. The summed E-state index contributed by atoms with van der Waals surface area (Å²) in [5.41, 5.74) is 0.524. The lowest BCUT2D eigenvalue weighted by Crippen LogP contribution is -2.13. The number of Topliss-reactive ketones (excluding diaryl/α,β-unsaturated/α-hetero) is 1. The van der Waals surface area contributed by atoms with E-state index in [0.29, 0.717) is 15.8 Å². The highest BCUT2D eigenvalue weighted by molar-refractivity contribution is 7.14. The predicted octanol–water partition coefficient (Wildman–Crippen LogP) is 2.65. The Morgan fingerprint density at radius 1 is 1.39 bits per heavy atom. The summed E-state index contributed by atoms with van der Waals surface area (Å²) in [6.07, 6.45) is 1.44. The van der Waals surface area contributed by atoms with Crippen molar-refractivity contribution in [3.05, 3.63) is 40.1 Å². The van der Waals surface area contributed by atoms with Crippen LogP contribution in [-0.2, 0) is 0 Å². The van der Waals surface area contributed by atoms with E-state index in [-0.39, 0.29) is 11.5 Å². The molecule has 0 saturated carbocycles. The third kappa shape index (κ3) is 2.91. The minimum atomic E-state index is -0.415. The average molecular weight is 282 g/mol. The van der Waals surface area contributed by atoms with Gasteiger partial charge in [0.1, 0.15) is 11.4 Å². The lowest BCUT2D eigenvalue weighted by molar-refractivity contribution is 0.100. The van der Waals surface area contributed by atoms with E-state index in [1.165, 1.54) is 30.5 Å². The summed E-state index contributed by atoms with van der Waals surface area (Å²) in [5.74, 6) is -0.561. The first-order chi connectivity index (χ1) is 8.56. The fourth-order valence-corrected chi connectivity index (χ4v) is 2.09. The molecule has 0 fully saturated rings. The second-order valence-corrected chi connectivity index (χ2v) is 4.70. The molecule has 0 aliphatic heterocycles. The maximum absolute atomic E-state index is 11.8. The molecule has 2 heterocycles. The number of carbonyl (C=O) groups is 2. The molecule has 0 saturated heterocycles. The van der Waals surface area contributed by atoms with Crippen LogP contribution in [0.3, 0.4) is 0 Å². The zero-order valence-electron chi connectivity index (χ0n) is 9.31. The highest BCUT2D eigenvalue weighted by atomic mass is 35.5. The van der Waals surface area contributed by atoms with Crippen LogP contribution in [-0.4, -0.2) is 21.7 Å². The predicted molar refractivity (Wildman–Crippen MR) is 69.3 cm³/mol. The lowest BCUT2D eigenvalue weighted by atomic mass is 10.3. The Morgan fingerprint density at radius 2 is 2.17 bits per heavy atom. The number of anilines is 1. The standard InChI is InChI=1S/C11H8ClN3O2S/c1-6(16)9-5-18-11(14-9)15-10(17)8-4-7(12)2-3-13-8/h2-5H,1H3,(H,14,15,17). The molecule has 0 aliphatic rings. The lowest BCUT2D eigenvalue weighted by Gasteiger charge is -2.00. The van der Waals surface area contributed by atoms with Crippen LogP contribution in [0.5, 0.6) is 0 Å². The van der Waals surface area contributed by atoms with Crippen LogP contribution >= 0.6 is 22.9 Å². The Balaban J connectivity index is 2.13. The summed E-state index contributed by atoms with van der Waals surface area (Å²) in [6, 6.07) is 3.03. The van der Waals surface area contributed by atoms with Crippen molar-refractivity contribution < 1.29 is 9.59 Å². The first-order valence-corrected chi connectivity index (χ1v) is 6.21. The Kier molecular flexibility index (Phi) is 3.69. The molecule has 0 aliphatic carbocycles. The van der Waals surface area contributed by atoms with Crippen LogP contribution in [0.15, 0.2) is 23.7 Å². The van der Waals surface area contributed by atoms with E-state index >= 15 is 0 Å². The highest BCUT2D eigenvalue weighted by Gasteiger charge is 2.11. The van der Waals surface area contributed by atoms with Crippen molar-refractivity contribution in [2.45, 2.75) is 6.92 Å². The molecule has 0 bridgehead atoms. The van der Waals surface area contributed by atoms with Crippen molar-refractivity contribution in [3.8, 4) is 0 Å².